The number of hydrogen-bond acceptors (Lipinski definition) is 3. The zero-order valence-electron chi connectivity index (χ0n) is 12.4. The Labute approximate surface area is 116 Å². The van der Waals surface area contributed by atoms with Crippen LogP contribution in [-0.2, 0) is 9.59 Å². The second-order valence-electron chi connectivity index (χ2n) is 5.77. The number of hydrogen-bond donors (Lipinski definition) is 1. The molecule has 1 heterocycles. The fourth-order valence-corrected chi connectivity index (χ4v) is 2.39. The third-order valence-electron chi connectivity index (χ3n) is 3.89. The first-order chi connectivity index (χ1) is 8.95. The van der Waals surface area contributed by atoms with Crippen molar-refractivity contribution < 1.29 is 9.59 Å². The van der Waals surface area contributed by atoms with E-state index in [-0.39, 0.29) is 17.7 Å². The first-order valence-corrected chi connectivity index (χ1v) is 7.14. The molecule has 0 spiro atoms. The van der Waals surface area contributed by atoms with Gasteiger partial charge in [0.15, 0.2) is 0 Å². The van der Waals surface area contributed by atoms with Gasteiger partial charge in [-0.3, -0.25) is 9.59 Å². The molecule has 0 radical (unpaired) electrons. The number of nitrogens with zero attached hydrogens (tertiary/aromatic N) is 2. The monoisotopic (exact) mass is 269 g/mol. The van der Waals surface area contributed by atoms with Gasteiger partial charge in [0.1, 0.15) is 0 Å². The summed E-state index contributed by atoms with van der Waals surface area (Å²) < 4.78 is 0. The van der Waals surface area contributed by atoms with Gasteiger partial charge in [-0.1, -0.05) is 6.92 Å². The third-order valence-corrected chi connectivity index (χ3v) is 3.89. The Morgan fingerprint density at radius 3 is 2.37 bits per heavy atom. The highest BCUT2D eigenvalue weighted by Crippen LogP contribution is 2.20. The maximum absolute atomic E-state index is 12.0. The van der Waals surface area contributed by atoms with Gasteiger partial charge in [0.25, 0.3) is 0 Å². The Morgan fingerprint density at radius 1 is 1.32 bits per heavy atom. The lowest BCUT2D eigenvalue weighted by molar-refractivity contribution is -0.139. The molecule has 0 aromatic rings. The molecule has 2 N–H and O–H groups in total. The quantitative estimate of drug-likeness (QED) is 0.798. The summed E-state index contributed by atoms with van der Waals surface area (Å²) in [5.74, 6) is 0.874. The van der Waals surface area contributed by atoms with Crippen molar-refractivity contribution in [2.24, 2.45) is 17.6 Å². The van der Waals surface area contributed by atoms with Crippen molar-refractivity contribution in [1.82, 2.24) is 9.80 Å². The SMILES string of the molecule is CC(CN)CCC(=O)N1CCC(C(=O)N(C)C)CC1. The van der Waals surface area contributed by atoms with E-state index in [1.807, 2.05) is 4.90 Å². The molecule has 110 valence electrons. The number of piperidine rings is 1. The highest BCUT2D eigenvalue weighted by atomic mass is 16.2. The zero-order valence-corrected chi connectivity index (χ0v) is 12.4. The average molecular weight is 269 g/mol. The molecule has 0 aliphatic carbocycles. The number of amides is 2. The van der Waals surface area contributed by atoms with Crippen molar-refractivity contribution in [2.75, 3.05) is 33.7 Å². The molecule has 5 nitrogen and oxygen atoms in total. The third kappa shape index (κ3) is 4.82. The summed E-state index contributed by atoms with van der Waals surface area (Å²) in [5, 5.41) is 0. The van der Waals surface area contributed by atoms with Crippen LogP contribution in [0.1, 0.15) is 32.6 Å². The molecule has 2 amide bonds. The normalized spacial score (nSPS) is 18.2. The zero-order chi connectivity index (χ0) is 14.4. The Kier molecular flexibility index (Phi) is 6.28. The molecule has 5 heteroatoms. The Bertz CT molecular complexity index is 310. The summed E-state index contributed by atoms with van der Waals surface area (Å²) in [6.07, 6.45) is 3.00. The molecule has 0 bridgehead atoms. The number of likely N-dealkylation sites (tertiary alicyclic amines) is 1. The van der Waals surface area contributed by atoms with E-state index in [2.05, 4.69) is 6.92 Å². The summed E-state index contributed by atoms with van der Waals surface area (Å²) in [4.78, 5) is 27.4. The van der Waals surface area contributed by atoms with Crippen LogP contribution in [0.4, 0.5) is 0 Å². The number of rotatable bonds is 5. The van der Waals surface area contributed by atoms with Crippen LogP contribution >= 0.6 is 0 Å². The van der Waals surface area contributed by atoms with Crippen molar-refractivity contribution >= 4 is 11.8 Å². The van der Waals surface area contributed by atoms with Crippen LogP contribution < -0.4 is 5.73 Å². The molecule has 0 saturated carbocycles. The highest BCUT2D eigenvalue weighted by Gasteiger charge is 2.27. The maximum atomic E-state index is 12.0. The molecule has 0 aromatic heterocycles. The fourth-order valence-electron chi connectivity index (χ4n) is 2.39. The van der Waals surface area contributed by atoms with Crippen LogP contribution in [0, 0.1) is 11.8 Å². The number of nitrogens with two attached hydrogens (primary N) is 1. The molecule has 0 aromatic carbocycles. The first kappa shape index (κ1) is 16.0. The minimum Gasteiger partial charge on any atom is -0.349 e. The van der Waals surface area contributed by atoms with Crippen molar-refractivity contribution in [3.63, 3.8) is 0 Å². The van der Waals surface area contributed by atoms with Crippen LogP contribution in [0.3, 0.4) is 0 Å². The van der Waals surface area contributed by atoms with E-state index in [4.69, 9.17) is 5.73 Å². The standard InChI is InChI=1S/C14H27N3O2/c1-11(10-15)4-5-13(18)17-8-6-12(7-9-17)14(19)16(2)3/h11-12H,4-10,15H2,1-3H3. The van der Waals surface area contributed by atoms with Crippen molar-refractivity contribution in [1.29, 1.82) is 0 Å². The van der Waals surface area contributed by atoms with Gasteiger partial charge in [0, 0.05) is 39.5 Å². The van der Waals surface area contributed by atoms with Crippen LogP contribution in [0.15, 0.2) is 0 Å². The van der Waals surface area contributed by atoms with Gasteiger partial charge in [-0.05, 0) is 31.7 Å². The van der Waals surface area contributed by atoms with E-state index in [9.17, 15) is 9.59 Å². The van der Waals surface area contributed by atoms with Crippen molar-refractivity contribution in [3.8, 4) is 0 Å². The van der Waals surface area contributed by atoms with Gasteiger partial charge in [0.2, 0.25) is 11.8 Å². The summed E-state index contributed by atoms with van der Waals surface area (Å²) in [6, 6.07) is 0. The Morgan fingerprint density at radius 2 is 1.89 bits per heavy atom. The Balaban J connectivity index is 2.33. The summed E-state index contributed by atoms with van der Waals surface area (Å²) in [5.41, 5.74) is 5.55. The fraction of sp³-hybridized carbons (Fsp3) is 0.857. The van der Waals surface area contributed by atoms with Gasteiger partial charge >= 0.3 is 0 Å². The van der Waals surface area contributed by atoms with E-state index in [1.165, 1.54) is 0 Å². The molecule has 1 atom stereocenters. The second-order valence-corrected chi connectivity index (χ2v) is 5.77. The predicted molar refractivity (Wildman–Crippen MR) is 75.5 cm³/mol. The van der Waals surface area contributed by atoms with Gasteiger partial charge in [-0.25, -0.2) is 0 Å². The Hall–Kier alpha value is -1.10. The predicted octanol–water partition coefficient (Wildman–Crippen LogP) is 0.688. The summed E-state index contributed by atoms with van der Waals surface area (Å²) >= 11 is 0. The smallest absolute Gasteiger partial charge is 0.225 e. The molecule has 1 rings (SSSR count). The summed E-state index contributed by atoms with van der Waals surface area (Å²) in [6.45, 7) is 4.11. The topological polar surface area (TPSA) is 66.6 Å². The lowest BCUT2D eigenvalue weighted by atomic mass is 9.95. The van der Waals surface area contributed by atoms with E-state index in [0.29, 0.717) is 32.0 Å². The summed E-state index contributed by atoms with van der Waals surface area (Å²) in [7, 11) is 3.57. The highest BCUT2D eigenvalue weighted by molar-refractivity contribution is 5.79. The largest absolute Gasteiger partial charge is 0.349 e. The molecular formula is C14H27N3O2. The van der Waals surface area contributed by atoms with Gasteiger partial charge in [-0.2, -0.15) is 0 Å². The van der Waals surface area contributed by atoms with Crippen LogP contribution in [0.5, 0.6) is 0 Å². The molecule has 19 heavy (non-hydrogen) atoms. The molecule has 1 unspecified atom stereocenters. The average Bonchev–Trinajstić information content (AvgIpc) is 2.43. The maximum Gasteiger partial charge on any atom is 0.225 e. The van der Waals surface area contributed by atoms with E-state index in [0.717, 1.165) is 19.3 Å². The van der Waals surface area contributed by atoms with E-state index >= 15 is 0 Å². The lowest BCUT2D eigenvalue weighted by Gasteiger charge is -2.32. The lowest BCUT2D eigenvalue weighted by Crippen LogP contribution is -2.42. The number of carbonyl (C=O) groups excluding carboxylic acids is 2. The van der Waals surface area contributed by atoms with Gasteiger partial charge in [-0.15, -0.1) is 0 Å². The minimum atomic E-state index is 0.0852. The second kappa shape index (κ2) is 7.48. The van der Waals surface area contributed by atoms with E-state index < -0.39 is 0 Å². The van der Waals surface area contributed by atoms with Gasteiger partial charge < -0.3 is 15.5 Å². The van der Waals surface area contributed by atoms with Crippen molar-refractivity contribution in [2.45, 2.75) is 32.6 Å². The molecule has 1 aliphatic rings. The van der Waals surface area contributed by atoms with Crippen LogP contribution in [0.2, 0.25) is 0 Å². The minimum absolute atomic E-state index is 0.0852. The molecular weight excluding hydrogens is 242 g/mol. The molecule has 1 aliphatic heterocycles. The van der Waals surface area contributed by atoms with E-state index in [1.54, 1.807) is 19.0 Å². The van der Waals surface area contributed by atoms with Crippen LogP contribution in [0.25, 0.3) is 0 Å². The van der Waals surface area contributed by atoms with Crippen LogP contribution in [-0.4, -0.2) is 55.3 Å². The van der Waals surface area contributed by atoms with Gasteiger partial charge in [0.05, 0.1) is 0 Å². The first-order valence-electron chi connectivity index (χ1n) is 7.14. The molecule has 1 fully saturated rings. The number of carbonyl (C=O) groups is 2. The van der Waals surface area contributed by atoms with Crippen molar-refractivity contribution in [3.05, 3.63) is 0 Å². The molecule has 1 saturated heterocycles.